The van der Waals surface area contributed by atoms with Crippen LogP contribution >= 0.6 is 23.1 Å². The minimum Gasteiger partial charge on any atom is -0.497 e. The number of carbonyl (C=O) groups is 2. The van der Waals surface area contributed by atoms with Crippen molar-refractivity contribution < 1.29 is 14.3 Å². The number of thioether (sulfide) groups is 1. The fraction of sp³-hybridized carbons (Fsp3) is 0.355. The Labute approximate surface area is 249 Å². The van der Waals surface area contributed by atoms with Crippen LogP contribution in [0, 0.1) is 0 Å². The molecular weight excluding hydrogens is 555 g/mol. The lowest BCUT2D eigenvalue weighted by Crippen LogP contribution is -2.55. The number of aromatic nitrogens is 3. The minimum absolute atomic E-state index is 0.0145. The van der Waals surface area contributed by atoms with Gasteiger partial charge < -0.3 is 14.5 Å². The van der Waals surface area contributed by atoms with Gasteiger partial charge >= 0.3 is 0 Å². The average Bonchev–Trinajstić information content (AvgIpc) is 3.65. The SMILES string of the molecule is COc1ccc(-n2c(Cc3ccccc3)nnc2SCCCC(=O)N2CCN(C(=O)Cc3cccs3)C(C)C2)cc1. The van der Waals surface area contributed by atoms with Crippen LogP contribution in [0.1, 0.15) is 36.0 Å². The number of carbonyl (C=O) groups excluding carboxylic acids is 2. The van der Waals surface area contributed by atoms with E-state index in [9.17, 15) is 9.59 Å². The molecule has 0 N–H and O–H groups in total. The van der Waals surface area contributed by atoms with E-state index >= 15 is 0 Å². The van der Waals surface area contributed by atoms with Crippen LogP contribution in [0.4, 0.5) is 0 Å². The first-order valence-corrected chi connectivity index (χ1v) is 15.7. The van der Waals surface area contributed by atoms with Crippen molar-refractivity contribution in [2.75, 3.05) is 32.5 Å². The molecule has 2 amide bonds. The largest absolute Gasteiger partial charge is 0.497 e. The van der Waals surface area contributed by atoms with E-state index in [1.807, 2.05) is 76.7 Å². The van der Waals surface area contributed by atoms with Crippen LogP contribution in [0.25, 0.3) is 5.69 Å². The van der Waals surface area contributed by atoms with E-state index in [1.165, 1.54) is 5.56 Å². The molecule has 0 saturated carbocycles. The van der Waals surface area contributed by atoms with Crippen LogP contribution in [-0.2, 0) is 22.4 Å². The molecule has 4 aromatic rings. The summed E-state index contributed by atoms with van der Waals surface area (Å²) in [6, 6.07) is 22.1. The number of piperazine rings is 1. The maximum atomic E-state index is 13.0. The first-order valence-electron chi connectivity index (χ1n) is 13.9. The van der Waals surface area contributed by atoms with Crippen molar-refractivity contribution in [3.63, 3.8) is 0 Å². The summed E-state index contributed by atoms with van der Waals surface area (Å²) in [5.74, 6) is 2.68. The quantitative estimate of drug-likeness (QED) is 0.179. The molecule has 1 aliphatic heterocycles. The molecule has 3 heterocycles. The molecule has 0 aliphatic carbocycles. The van der Waals surface area contributed by atoms with Crippen LogP contribution in [0.2, 0.25) is 0 Å². The molecule has 214 valence electrons. The van der Waals surface area contributed by atoms with Crippen LogP contribution in [-0.4, -0.2) is 74.9 Å². The molecule has 1 saturated heterocycles. The third-order valence-electron chi connectivity index (χ3n) is 7.21. The van der Waals surface area contributed by atoms with Crippen LogP contribution in [0.15, 0.2) is 77.3 Å². The summed E-state index contributed by atoms with van der Waals surface area (Å²) in [6.07, 6.45) is 2.30. The Balaban J connectivity index is 1.15. The second kappa shape index (κ2) is 13.8. The Bertz CT molecular complexity index is 1420. The summed E-state index contributed by atoms with van der Waals surface area (Å²) < 4.78 is 7.43. The van der Waals surface area contributed by atoms with E-state index in [2.05, 4.69) is 26.9 Å². The van der Waals surface area contributed by atoms with Gasteiger partial charge in [0.1, 0.15) is 11.6 Å². The lowest BCUT2D eigenvalue weighted by atomic mass is 10.1. The first-order chi connectivity index (χ1) is 20.0. The van der Waals surface area contributed by atoms with E-state index in [1.54, 1.807) is 30.2 Å². The van der Waals surface area contributed by atoms with Gasteiger partial charge in [0.05, 0.1) is 13.5 Å². The van der Waals surface area contributed by atoms with Gasteiger partial charge in [0.25, 0.3) is 0 Å². The maximum absolute atomic E-state index is 13.0. The summed E-state index contributed by atoms with van der Waals surface area (Å²) in [5, 5.41) is 11.8. The summed E-state index contributed by atoms with van der Waals surface area (Å²) >= 11 is 3.22. The smallest absolute Gasteiger partial charge is 0.228 e. The van der Waals surface area contributed by atoms with E-state index in [4.69, 9.17) is 4.74 Å². The Kier molecular flexibility index (Phi) is 9.74. The van der Waals surface area contributed by atoms with Crippen molar-refractivity contribution >= 4 is 34.9 Å². The summed E-state index contributed by atoms with van der Waals surface area (Å²) in [4.78, 5) is 30.7. The van der Waals surface area contributed by atoms with Gasteiger partial charge in [0, 0.05) is 54.8 Å². The van der Waals surface area contributed by atoms with E-state index in [-0.39, 0.29) is 17.9 Å². The zero-order valence-electron chi connectivity index (χ0n) is 23.4. The molecule has 1 fully saturated rings. The van der Waals surface area contributed by atoms with Crippen molar-refractivity contribution in [3.8, 4) is 11.4 Å². The fourth-order valence-corrected chi connectivity index (χ4v) is 6.65. The predicted octanol–water partition coefficient (Wildman–Crippen LogP) is 5.10. The summed E-state index contributed by atoms with van der Waals surface area (Å²) in [5.41, 5.74) is 2.14. The van der Waals surface area contributed by atoms with Gasteiger partial charge in [-0.1, -0.05) is 48.2 Å². The number of hydrogen-bond donors (Lipinski definition) is 0. The lowest BCUT2D eigenvalue weighted by Gasteiger charge is -2.40. The first kappa shape index (κ1) is 28.9. The molecule has 1 atom stereocenters. The highest BCUT2D eigenvalue weighted by atomic mass is 32.2. The Morgan fingerprint density at radius 1 is 1.00 bits per heavy atom. The fourth-order valence-electron chi connectivity index (χ4n) is 5.04. The molecule has 8 nitrogen and oxygen atoms in total. The molecule has 0 radical (unpaired) electrons. The summed E-state index contributed by atoms with van der Waals surface area (Å²) in [7, 11) is 1.66. The zero-order chi connectivity index (χ0) is 28.6. The average molecular weight is 590 g/mol. The highest BCUT2D eigenvalue weighted by molar-refractivity contribution is 7.99. The normalized spacial score (nSPS) is 15.2. The zero-order valence-corrected chi connectivity index (χ0v) is 25.1. The van der Waals surface area contributed by atoms with Crippen molar-refractivity contribution in [1.29, 1.82) is 0 Å². The second-order valence-corrected chi connectivity index (χ2v) is 12.2. The molecule has 2 aromatic heterocycles. The van der Waals surface area contributed by atoms with E-state index in [0.717, 1.165) is 39.5 Å². The number of rotatable bonds is 11. The highest BCUT2D eigenvalue weighted by Gasteiger charge is 2.29. The number of methoxy groups -OCH3 is 1. The van der Waals surface area contributed by atoms with Crippen molar-refractivity contribution in [2.45, 2.75) is 43.8 Å². The Hall–Kier alpha value is -3.63. The molecule has 2 aromatic carbocycles. The van der Waals surface area contributed by atoms with Crippen molar-refractivity contribution in [2.24, 2.45) is 0 Å². The van der Waals surface area contributed by atoms with Crippen molar-refractivity contribution in [1.82, 2.24) is 24.6 Å². The van der Waals surface area contributed by atoms with Gasteiger partial charge in [-0.25, -0.2) is 0 Å². The van der Waals surface area contributed by atoms with E-state index in [0.29, 0.717) is 38.9 Å². The monoisotopic (exact) mass is 589 g/mol. The molecule has 0 bridgehead atoms. The van der Waals surface area contributed by atoms with Crippen LogP contribution in [0.5, 0.6) is 5.75 Å². The molecule has 1 unspecified atom stereocenters. The van der Waals surface area contributed by atoms with E-state index < -0.39 is 0 Å². The summed E-state index contributed by atoms with van der Waals surface area (Å²) in [6.45, 7) is 3.78. The number of ether oxygens (including phenoxy) is 1. The van der Waals surface area contributed by atoms with Gasteiger partial charge in [0.15, 0.2) is 5.16 Å². The number of benzene rings is 2. The molecule has 1 aliphatic rings. The number of amides is 2. The number of hydrogen-bond acceptors (Lipinski definition) is 7. The number of nitrogens with zero attached hydrogens (tertiary/aromatic N) is 5. The van der Waals surface area contributed by atoms with Crippen LogP contribution in [0.3, 0.4) is 0 Å². The maximum Gasteiger partial charge on any atom is 0.228 e. The highest BCUT2D eigenvalue weighted by Crippen LogP contribution is 2.26. The van der Waals surface area contributed by atoms with Gasteiger partial charge in [-0.05, 0) is 54.6 Å². The molecule has 41 heavy (non-hydrogen) atoms. The van der Waals surface area contributed by atoms with Gasteiger partial charge in [-0.15, -0.1) is 21.5 Å². The van der Waals surface area contributed by atoms with Gasteiger partial charge in [-0.2, -0.15) is 0 Å². The van der Waals surface area contributed by atoms with Gasteiger partial charge in [-0.3, -0.25) is 14.2 Å². The van der Waals surface area contributed by atoms with Crippen LogP contribution < -0.4 is 4.74 Å². The predicted molar refractivity (Wildman–Crippen MR) is 163 cm³/mol. The third kappa shape index (κ3) is 7.37. The second-order valence-electron chi connectivity index (χ2n) is 10.1. The lowest BCUT2D eigenvalue weighted by molar-refractivity contribution is -0.142. The number of thiophene rings is 1. The standard InChI is InChI=1S/C31H35N5O3S2/c1-23-22-34(16-17-35(23)30(38)21-27-10-6-18-40-27)29(37)11-7-19-41-31-33-32-28(20-24-8-4-3-5-9-24)36(31)25-12-14-26(39-2)15-13-25/h3-6,8-10,12-15,18,23H,7,11,16-17,19-22H2,1-2H3. The molecule has 10 heteroatoms. The minimum atomic E-state index is 0.0145. The third-order valence-corrected chi connectivity index (χ3v) is 9.10. The Morgan fingerprint density at radius 3 is 2.51 bits per heavy atom. The molecule has 5 rings (SSSR count). The topological polar surface area (TPSA) is 80.6 Å². The molecular formula is C31H35N5O3S2. The Morgan fingerprint density at radius 2 is 1.80 bits per heavy atom. The van der Waals surface area contributed by atoms with Crippen molar-refractivity contribution in [3.05, 3.63) is 88.4 Å². The van der Waals surface area contributed by atoms with Gasteiger partial charge in [0.2, 0.25) is 11.8 Å². The molecule has 0 spiro atoms.